The number of carbonyl (C=O) groups is 1. The molecular formula is C26H36N4O2. The summed E-state index contributed by atoms with van der Waals surface area (Å²) in [6.07, 6.45) is 1.09. The zero-order chi connectivity index (χ0) is 22.2. The molecule has 2 saturated heterocycles. The third-order valence-corrected chi connectivity index (χ3v) is 6.79. The minimum absolute atomic E-state index is 0.0775. The van der Waals surface area contributed by atoms with Crippen LogP contribution in [0.2, 0.25) is 0 Å². The van der Waals surface area contributed by atoms with Gasteiger partial charge in [0.15, 0.2) is 0 Å². The molecule has 0 radical (unpaired) electrons. The van der Waals surface area contributed by atoms with Gasteiger partial charge in [0, 0.05) is 65.4 Å². The molecule has 32 heavy (non-hydrogen) atoms. The molecule has 172 valence electrons. The summed E-state index contributed by atoms with van der Waals surface area (Å²) in [4.78, 5) is 22.1. The summed E-state index contributed by atoms with van der Waals surface area (Å²) in [7, 11) is 0. The first kappa shape index (κ1) is 22.9. The quantitative estimate of drug-likeness (QED) is 0.683. The van der Waals surface area contributed by atoms with Crippen LogP contribution in [0.3, 0.4) is 0 Å². The van der Waals surface area contributed by atoms with Gasteiger partial charge in [0.05, 0.1) is 13.2 Å². The van der Waals surface area contributed by atoms with Crippen molar-refractivity contribution in [1.29, 1.82) is 0 Å². The third-order valence-electron chi connectivity index (χ3n) is 6.79. The van der Waals surface area contributed by atoms with E-state index in [0.717, 1.165) is 77.4 Å². The predicted octanol–water partition coefficient (Wildman–Crippen LogP) is 1.68. The molecule has 6 heteroatoms. The van der Waals surface area contributed by atoms with Gasteiger partial charge in [0.1, 0.15) is 0 Å². The second-order valence-corrected chi connectivity index (χ2v) is 8.94. The maximum Gasteiger partial charge on any atom is 0.236 e. The number of amides is 1. The van der Waals surface area contributed by atoms with E-state index in [-0.39, 0.29) is 12.5 Å². The fourth-order valence-electron chi connectivity index (χ4n) is 4.66. The largest absolute Gasteiger partial charge is 0.392 e. The Bertz CT molecular complexity index is 844. The topological polar surface area (TPSA) is 50.3 Å². The highest BCUT2D eigenvalue weighted by Crippen LogP contribution is 2.14. The zero-order valence-corrected chi connectivity index (χ0v) is 19.0. The summed E-state index contributed by atoms with van der Waals surface area (Å²) in [5, 5.41) is 9.54. The van der Waals surface area contributed by atoms with Crippen molar-refractivity contribution in [2.24, 2.45) is 0 Å². The lowest BCUT2D eigenvalue weighted by Crippen LogP contribution is -2.53. The van der Waals surface area contributed by atoms with E-state index in [1.807, 2.05) is 23.1 Å². The Labute approximate surface area is 192 Å². The first-order valence-corrected chi connectivity index (χ1v) is 11.9. The van der Waals surface area contributed by atoms with Crippen LogP contribution in [0.5, 0.6) is 0 Å². The lowest BCUT2D eigenvalue weighted by atomic mass is 10.1. The molecule has 0 aromatic heterocycles. The fourth-order valence-corrected chi connectivity index (χ4v) is 4.66. The summed E-state index contributed by atoms with van der Waals surface area (Å²) in [6.45, 7) is 9.92. The molecule has 0 saturated carbocycles. The van der Waals surface area contributed by atoms with Crippen molar-refractivity contribution in [3.63, 3.8) is 0 Å². The SMILES string of the molecule is O=C(CN1CCN(CCc2ccccc2)CC1)N1CCN(Cc2ccccc2CO)CC1. The van der Waals surface area contributed by atoms with E-state index in [9.17, 15) is 9.90 Å². The molecule has 6 nitrogen and oxygen atoms in total. The molecule has 1 amide bonds. The van der Waals surface area contributed by atoms with Gasteiger partial charge in [-0.25, -0.2) is 0 Å². The maximum atomic E-state index is 12.8. The van der Waals surface area contributed by atoms with E-state index in [2.05, 4.69) is 51.1 Å². The molecule has 1 N–H and O–H groups in total. The molecule has 2 aliphatic heterocycles. The van der Waals surface area contributed by atoms with Crippen molar-refractivity contribution < 1.29 is 9.90 Å². The maximum absolute atomic E-state index is 12.8. The molecule has 2 heterocycles. The highest BCUT2D eigenvalue weighted by Gasteiger charge is 2.25. The Balaban J connectivity index is 1.15. The van der Waals surface area contributed by atoms with Crippen molar-refractivity contribution in [1.82, 2.24) is 19.6 Å². The van der Waals surface area contributed by atoms with E-state index in [0.29, 0.717) is 6.54 Å². The summed E-state index contributed by atoms with van der Waals surface area (Å²) < 4.78 is 0. The van der Waals surface area contributed by atoms with Gasteiger partial charge in [-0.1, -0.05) is 54.6 Å². The number of piperazine rings is 2. The molecule has 2 aromatic rings. The Hall–Kier alpha value is -2.25. The second kappa shape index (κ2) is 11.6. The molecule has 0 unspecified atom stereocenters. The normalized spacial score (nSPS) is 18.7. The van der Waals surface area contributed by atoms with Crippen LogP contribution in [-0.4, -0.2) is 96.1 Å². The Morgan fingerprint density at radius 3 is 2.00 bits per heavy atom. The predicted molar refractivity (Wildman–Crippen MR) is 127 cm³/mol. The molecule has 2 fully saturated rings. The standard InChI is InChI=1S/C26H36N4O2/c31-22-25-9-5-4-8-24(25)20-28-16-18-30(19-17-28)26(32)21-29-14-12-27(13-15-29)11-10-23-6-2-1-3-7-23/h1-9,31H,10-22H2. The smallest absolute Gasteiger partial charge is 0.236 e. The number of carbonyl (C=O) groups excluding carboxylic acids is 1. The minimum atomic E-state index is 0.0775. The van der Waals surface area contributed by atoms with Crippen molar-refractivity contribution in [3.8, 4) is 0 Å². The first-order chi connectivity index (χ1) is 15.7. The van der Waals surface area contributed by atoms with Gasteiger partial charge in [-0.05, 0) is 23.1 Å². The minimum Gasteiger partial charge on any atom is -0.392 e. The molecule has 0 spiro atoms. The van der Waals surface area contributed by atoms with Crippen molar-refractivity contribution in [3.05, 3.63) is 71.3 Å². The number of rotatable bonds is 8. The lowest BCUT2D eigenvalue weighted by Gasteiger charge is -2.38. The van der Waals surface area contributed by atoms with E-state index in [4.69, 9.17) is 0 Å². The van der Waals surface area contributed by atoms with Crippen LogP contribution in [0, 0.1) is 0 Å². The number of nitrogens with zero attached hydrogens (tertiary/aromatic N) is 4. The van der Waals surface area contributed by atoms with E-state index < -0.39 is 0 Å². The van der Waals surface area contributed by atoms with Crippen molar-refractivity contribution in [2.45, 2.75) is 19.6 Å². The molecule has 0 atom stereocenters. The number of aliphatic hydroxyl groups is 1. The van der Waals surface area contributed by atoms with Gasteiger partial charge in [0.2, 0.25) is 5.91 Å². The van der Waals surface area contributed by atoms with Crippen LogP contribution < -0.4 is 0 Å². The average Bonchev–Trinajstić information content (AvgIpc) is 2.85. The van der Waals surface area contributed by atoms with Gasteiger partial charge in [0.25, 0.3) is 0 Å². The number of hydrogen-bond acceptors (Lipinski definition) is 5. The van der Waals surface area contributed by atoms with Gasteiger partial charge < -0.3 is 14.9 Å². The zero-order valence-electron chi connectivity index (χ0n) is 19.0. The molecule has 4 rings (SSSR count). The van der Waals surface area contributed by atoms with Gasteiger partial charge in [-0.15, -0.1) is 0 Å². The molecular weight excluding hydrogens is 400 g/mol. The van der Waals surface area contributed by atoms with E-state index in [1.165, 1.54) is 11.1 Å². The molecule has 0 aliphatic carbocycles. The average molecular weight is 437 g/mol. The van der Waals surface area contributed by atoms with Crippen LogP contribution in [-0.2, 0) is 24.4 Å². The highest BCUT2D eigenvalue weighted by atomic mass is 16.3. The van der Waals surface area contributed by atoms with Crippen LogP contribution >= 0.6 is 0 Å². The molecule has 2 aromatic carbocycles. The lowest BCUT2D eigenvalue weighted by molar-refractivity contribution is -0.134. The van der Waals surface area contributed by atoms with Crippen LogP contribution in [0.4, 0.5) is 0 Å². The molecule has 0 bridgehead atoms. The van der Waals surface area contributed by atoms with Gasteiger partial charge in [-0.2, -0.15) is 0 Å². The molecule has 2 aliphatic rings. The Morgan fingerprint density at radius 1 is 0.719 bits per heavy atom. The first-order valence-electron chi connectivity index (χ1n) is 11.9. The van der Waals surface area contributed by atoms with E-state index in [1.54, 1.807) is 0 Å². The highest BCUT2D eigenvalue weighted by molar-refractivity contribution is 5.78. The van der Waals surface area contributed by atoms with Crippen LogP contribution in [0.15, 0.2) is 54.6 Å². The second-order valence-electron chi connectivity index (χ2n) is 8.94. The van der Waals surface area contributed by atoms with Crippen LogP contribution in [0.25, 0.3) is 0 Å². The number of hydrogen-bond donors (Lipinski definition) is 1. The Morgan fingerprint density at radius 2 is 1.31 bits per heavy atom. The number of aliphatic hydroxyl groups excluding tert-OH is 1. The third kappa shape index (κ3) is 6.39. The van der Waals surface area contributed by atoms with E-state index >= 15 is 0 Å². The summed E-state index contributed by atoms with van der Waals surface area (Å²) >= 11 is 0. The summed E-state index contributed by atoms with van der Waals surface area (Å²) in [5.74, 6) is 0.262. The van der Waals surface area contributed by atoms with Gasteiger partial charge >= 0.3 is 0 Å². The van der Waals surface area contributed by atoms with Crippen LogP contribution in [0.1, 0.15) is 16.7 Å². The van der Waals surface area contributed by atoms with Crippen molar-refractivity contribution in [2.75, 3.05) is 65.4 Å². The monoisotopic (exact) mass is 436 g/mol. The van der Waals surface area contributed by atoms with Gasteiger partial charge in [-0.3, -0.25) is 14.6 Å². The number of benzene rings is 2. The fraction of sp³-hybridized carbons (Fsp3) is 0.500. The summed E-state index contributed by atoms with van der Waals surface area (Å²) in [6, 6.07) is 18.7. The summed E-state index contributed by atoms with van der Waals surface area (Å²) in [5.41, 5.74) is 3.57. The van der Waals surface area contributed by atoms with Crippen molar-refractivity contribution >= 4 is 5.91 Å². The Kier molecular flexibility index (Phi) is 8.29.